The zero-order chi connectivity index (χ0) is 19.0. The van der Waals surface area contributed by atoms with E-state index in [4.69, 9.17) is 14.2 Å². The van der Waals surface area contributed by atoms with Crippen molar-refractivity contribution < 1.29 is 14.2 Å². The lowest BCUT2D eigenvalue weighted by Crippen LogP contribution is -2.52. The third-order valence-corrected chi connectivity index (χ3v) is 10.3. The molecule has 3 nitrogen and oxygen atoms in total. The van der Waals surface area contributed by atoms with E-state index >= 15 is 0 Å². The van der Waals surface area contributed by atoms with Crippen molar-refractivity contribution >= 4 is 0 Å². The predicted octanol–water partition coefficient (Wildman–Crippen LogP) is 5.63. The highest BCUT2D eigenvalue weighted by Crippen LogP contribution is 2.70. The van der Waals surface area contributed by atoms with Crippen molar-refractivity contribution in [3.05, 3.63) is 11.6 Å². The molecule has 0 amide bonds. The Morgan fingerprint density at radius 1 is 1.00 bits per heavy atom. The number of rotatable bonds is 2. The van der Waals surface area contributed by atoms with Gasteiger partial charge in [0.05, 0.1) is 18.3 Å². The first-order valence-electron chi connectivity index (χ1n) is 12.1. The minimum atomic E-state index is 0.0589. The predicted molar refractivity (Wildman–Crippen MR) is 109 cm³/mol. The van der Waals surface area contributed by atoms with Gasteiger partial charge in [0, 0.05) is 12.0 Å². The van der Waals surface area contributed by atoms with E-state index < -0.39 is 0 Å². The lowest BCUT2D eigenvalue weighted by molar-refractivity contribution is -0.195. The van der Waals surface area contributed by atoms with Gasteiger partial charge in [0.2, 0.25) is 0 Å². The van der Waals surface area contributed by atoms with E-state index in [0.29, 0.717) is 16.9 Å². The van der Waals surface area contributed by atoms with Gasteiger partial charge in [0.1, 0.15) is 0 Å². The maximum absolute atomic E-state index is 6.40. The molecule has 8 atom stereocenters. The number of fused-ring (bicyclic) bond motifs is 6. The zero-order valence-electron chi connectivity index (χ0n) is 17.9. The second-order valence-corrected chi connectivity index (χ2v) is 11.3. The van der Waals surface area contributed by atoms with Crippen molar-refractivity contribution in [3.8, 4) is 0 Å². The molecule has 3 saturated carbocycles. The molecule has 0 N–H and O–H groups in total. The number of ether oxygens (including phenoxy) is 3. The average Bonchev–Trinajstić information content (AvgIpc) is 3.43. The Labute approximate surface area is 170 Å². The molecule has 2 heterocycles. The number of allylic oxidation sites excluding steroid dienone is 1. The van der Waals surface area contributed by atoms with Crippen LogP contribution in [0.4, 0.5) is 0 Å². The molecule has 156 valence electrons. The topological polar surface area (TPSA) is 31.0 Å². The lowest BCUT2D eigenvalue weighted by atomic mass is 9.47. The molecule has 28 heavy (non-hydrogen) atoms. The number of hydrogen-bond acceptors (Lipinski definition) is 3. The number of epoxide rings is 1. The zero-order valence-corrected chi connectivity index (χ0v) is 17.9. The van der Waals surface area contributed by atoms with Crippen LogP contribution in [0.15, 0.2) is 11.6 Å². The fourth-order valence-corrected chi connectivity index (χ4v) is 8.43. The third kappa shape index (κ3) is 2.51. The highest BCUT2D eigenvalue weighted by Gasteiger charge is 2.69. The van der Waals surface area contributed by atoms with Gasteiger partial charge in [-0.15, -0.1) is 0 Å². The Morgan fingerprint density at radius 2 is 1.86 bits per heavy atom. The van der Waals surface area contributed by atoms with Gasteiger partial charge in [-0.3, -0.25) is 0 Å². The fourth-order valence-electron chi connectivity index (χ4n) is 8.43. The highest BCUT2D eigenvalue weighted by atomic mass is 16.7. The van der Waals surface area contributed by atoms with Crippen LogP contribution in [0.2, 0.25) is 0 Å². The van der Waals surface area contributed by atoms with Crippen molar-refractivity contribution in [2.45, 2.75) is 102 Å². The number of hydrogen-bond donors (Lipinski definition) is 0. The van der Waals surface area contributed by atoms with Crippen LogP contribution in [0, 0.1) is 28.6 Å². The Kier molecular flexibility index (Phi) is 4.15. The summed E-state index contributed by atoms with van der Waals surface area (Å²) in [6.45, 7) is 7.10. The maximum atomic E-state index is 6.40. The first-order valence-corrected chi connectivity index (χ1v) is 12.1. The maximum Gasteiger partial charge on any atom is 0.157 e. The normalized spacial score (nSPS) is 55.2. The van der Waals surface area contributed by atoms with Crippen molar-refractivity contribution in [3.63, 3.8) is 0 Å². The van der Waals surface area contributed by atoms with Gasteiger partial charge < -0.3 is 14.2 Å². The van der Waals surface area contributed by atoms with Gasteiger partial charge in [0.25, 0.3) is 0 Å². The molecule has 5 fully saturated rings. The second-order valence-electron chi connectivity index (χ2n) is 11.3. The molecule has 0 aromatic carbocycles. The summed E-state index contributed by atoms with van der Waals surface area (Å²) >= 11 is 0. The molecule has 0 aromatic heterocycles. The van der Waals surface area contributed by atoms with Crippen LogP contribution < -0.4 is 0 Å². The van der Waals surface area contributed by atoms with E-state index in [2.05, 4.69) is 19.9 Å². The Balaban J connectivity index is 1.20. The van der Waals surface area contributed by atoms with Crippen LogP contribution >= 0.6 is 0 Å². The van der Waals surface area contributed by atoms with E-state index in [1.54, 1.807) is 5.57 Å². The molecule has 2 saturated heterocycles. The van der Waals surface area contributed by atoms with E-state index in [0.717, 1.165) is 43.8 Å². The summed E-state index contributed by atoms with van der Waals surface area (Å²) in [5, 5.41) is 0. The van der Waals surface area contributed by atoms with Gasteiger partial charge >= 0.3 is 0 Å². The summed E-state index contributed by atoms with van der Waals surface area (Å²) in [5.74, 6) is 2.65. The smallest absolute Gasteiger partial charge is 0.157 e. The van der Waals surface area contributed by atoms with Crippen LogP contribution in [0.5, 0.6) is 0 Å². The minimum Gasteiger partial charge on any atom is -0.369 e. The molecule has 3 heteroatoms. The molecule has 2 aliphatic heterocycles. The molecule has 1 spiro atoms. The molecule has 6 aliphatic rings. The quantitative estimate of drug-likeness (QED) is 0.455. The largest absolute Gasteiger partial charge is 0.369 e. The summed E-state index contributed by atoms with van der Waals surface area (Å²) in [6.07, 6.45) is 17.1. The van der Waals surface area contributed by atoms with Crippen LogP contribution in [0.3, 0.4) is 0 Å². The van der Waals surface area contributed by atoms with E-state index in [1.807, 2.05) is 0 Å². The standard InChI is InChI=1S/C25H38O3/c1-23-11-8-18(28-22-5-3-4-14-26-22)15-17(23)6-7-19-20(23)9-12-24(2)21(19)10-13-25(24)16-27-25/h6,18-22H,3-5,7-16H2,1-2H3/t18-,19+,20-,21+,22+,23+,24+,25-/m1/s1. The minimum absolute atomic E-state index is 0.0589. The fraction of sp³-hybridized carbons (Fsp3) is 0.920. The van der Waals surface area contributed by atoms with Crippen molar-refractivity contribution in [2.75, 3.05) is 13.2 Å². The first-order chi connectivity index (χ1) is 13.5. The lowest BCUT2D eigenvalue weighted by Gasteiger charge is -2.58. The van der Waals surface area contributed by atoms with Crippen molar-refractivity contribution in [2.24, 2.45) is 28.6 Å². The SMILES string of the molecule is C[C@]12CC[C@@H](O[C@H]3CCCCO3)CC1=CC[C@H]1[C@H]2CC[C@@]2(C)[C@H]1CC[C@@]21CO1. The molecule has 0 unspecified atom stereocenters. The second kappa shape index (κ2) is 6.31. The Hall–Kier alpha value is -0.380. The molecular weight excluding hydrogens is 348 g/mol. The van der Waals surface area contributed by atoms with Gasteiger partial charge in [0.15, 0.2) is 6.29 Å². The van der Waals surface area contributed by atoms with Crippen molar-refractivity contribution in [1.29, 1.82) is 0 Å². The monoisotopic (exact) mass is 386 g/mol. The van der Waals surface area contributed by atoms with Gasteiger partial charge in [-0.1, -0.05) is 25.5 Å². The van der Waals surface area contributed by atoms with E-state index in [1.165, 1.54) is 57.8 Å². The highest BCUT2D eigenvalue weighted by molar-refractivity contribution is 5.27. The van der Waals surface area contributed by atoms with Crippen LogP contribution in [0.1, 0.15) is 84.5 Å². The Morgan fingerprint density at radius 3 is 2.64 bits per heavy atom. The average molecular weight is 387 g/mol. The third-order valence-electron chi connectivity index (χ3n) is 10.3. The summed E-state index contributed by atoms with van der Waals surface area (Å²) in [4.78, 5) is 0. The molecule has 0 aromatic rings. The van der Waals surface area contributed by atoms with Crippen LogP contribution in [-0.2, 0) is 14.2 Å². The van der Waals surface area contributed by atoms with Crippen LogP contribution in [0.25, 0.3) is 0 Å². The molecular formula is C25H38O3. The van der Waals surface area contributed by atoms with E-state index in [9.17, 15) is 0 Å². The molecule has 0 bridgehead atoms. The molecule has 0 radical (unpaired) electrons. The summed E-state index contributed by atoms with van der Waals surface area (Å²) in [5.41, 5.74) is 2.87. The summed E-state index contributed by atoms with van der Waals surface area (Å²) in [6, 6.07) is 0. The van der Waals surface area contributed by atoms with Gasteiger partial charge in [-0.05, 0) is 93.8 Å². The van der Waals surface area contributed by atoms with Gasteiger partial charge in [-0.2, -0.15) is 0 Å². The van der Waals surface area contributed by atoms with Crippen molar-refractivity contribution in [1.82, 2.24) is 0 Å². The summed E-state index contributed by atoms with van der Waals surface area (Å²) in [7, 11) is 0. The van der Waals surface area contributed by atoms with Crippen LogP contribution in [-0.4, -0.2) is 31.2 Å². The van der Waals surface area contributed by atoms with E-state index in [-0.39, 0.29) is 11.9 Å². The first kappa shape index (κ1) is 18.4. The molecule has 6 rings (SSSR count). The Bertz CT molecular complexity index is 661. The summed E-state index contributed by atoms with van der Waals surface area (Å²) < 4.78 is 18.3. The molecule has 4 aliphatic carbocycles. The van der Waals surface area contributed by atoms with Gasteiger partial charge in [-0.25, -0.2) is 0 Å².